The van der Waals surface area contributed by atoms with Crippen molar-refractivity contribution in [3.8, 4) is 5.75 Å². The summed E-state index contributed by atoms with van der Waals surface area (Å²) in [5.74, 6) is 0.805. The van der Waals surface area contributed by atoms with Crippen LogP contribution in [0.4, 0.5) is 4.79 Å². The SMILES string of the molecule is CC[C@H]1c2ccc(C)n2CCN1C(=O)NCc1cccc(OC)c1. The number of hydrogen-bond donors (Lipinski definition) is 1. The molecule has 2 amide bonds. The van der Waals surface area contributed by atoms with Gasteiger partial charge >= 0.3 is 6.03 Å². The monoisotopic (exact) mass is 327 g/mol. The molecule has 0 radical (unpaired) electrons. The summed E-state index contributed by atoms with van der Waals surface area (Å²) >= 11 is 0. The molecule has 1 aromatic carbocycles. The normalized spacial score (nSPS) is 16.6. The molecule has 5 nitrogen and oxygen atoms in total. The second-order valence-corrected chi connectivity index (χ2v) is 6.18. The minimum absolute atomic E-state index is 0.00484. The van der Waals surface area contributed by atoms with Gasteiger partial charge in [-0.15, -0.1) is 0 Å². The molecule has 0 unspecified atom stereocenters. The minimum Gasteiger partial charge on any atom is -0.497 e. The second-order valence-electron chi connectivity index (χ2n) is 6.18. The number of carbonyl (C=O) groups excluding carboxylic acids is 1. The van der Waals surface area contributed by atoms with Gasteiger partial charge in [-0.2, -0.15) is 0 Å². The number of carbonyl (C=O) groups is 1. The number of methoxy groups -OCH3 is 1. The molecule has 1 atom stereocenters. The molecule has 24 heavy (non-hydrogen) atoms. The van der Waals surface area contributed by atoms with Crippen LogP contribution in [0.25, 0.3) is 0 Å². The van der Waals surface area contributed by atoms with E-state index in [4.69, 9.17) is 4.74 Å². The Labute approximate surface area is 143 Å². The fourth-order valence-electron chi connectivity index (χ4n) is 3.44. The van der Waals surface area contributed by atoms with E-state index in [1.54, 1.807) is 7.11 Å². The number of nitrogens with one attached hydrogen (secondary N) is 1. The zero-order valence-corrected chi connectivity index (χ0v) is 14.6. The first-order chi connectivity index (χ1) is 11.6. The quantitative estimate of drug-likeness (QED) is 0.934. The van der Waals surface area contributed by atoms with Crippen molar-refractivity contribution in [2.45, 2.75) is 39.4 Å². The van der Waals surface area contributed by atoms with Gasteiger partial charge in [0, 0.05) is 31.0 Å². The van der Waals surface area contributed by atoms with E-state index in [-0.39, 0.29) is 12.1 Å². The number of benzene rings is 1. The molecule has 0 bridgehead atoms. The smallest absolute Gasteiger partial charge is 0.318 e. The van der Waals surface area contributed by atoms with Gasteiger partial charge in [0.05, 0.1) is 13.2 Å². The molecule has 0 aliphatic carbocycles. The first-order valence-corrected chi connectivity index (χ1v) is 8.47. The van der Waals surface area contributed by atoms with Crippen molar-refractivity contribution < 1.29 is 9.53 Å². The highest BCUT2D eigenvalue weighted by atomic mass is 16.5. The van der Waals surface area contributed by atoms with E-state index in [0.717, 1.165) is 30.8 Å². The van der Waals surface area contributed by atoms with Crippen LogP contribution in [0, 0.1) is 6.92 Å². The summed E-state index contributed by atoms with van der Waals surface area (Å²) < 4.78 is 7.55. The molecule has 0 saturated carbocycles. The van der Waals surface area contributed by atoms with E-state index < -0.39 is 0 Å². The standard InChI is InChI=1S/C19H25N3O2/c1-4-17-18-9-8-14(2)21(18)10-11-22(17)19(23)20-13-15-6-5-7-16(12-15)24-3/h5-9,12,17H,4,10-11,13H2,1-3H3,(H,20,23)/t17-/m0/s1. The Morgan fingerprint density at radius 1 is 1.29 bits per heavy atom. The first kappa shape index (κ1) is 16.4. The van der Waals surface area contributed by atoms with E-state index in [9.17, 15) is 4.79 Å². The van der Waals surface area contributed by atoms with E-state index >= 15 is 0 Å². The molecule has 1 aliphatic rings. The van der Waals surface area contributed by atoms with Crippen LogP contribution in [0.2, 0.25) is 0 Å². The Hall–Kier alpha value is -2.43. The number of rotatable bonds is 4. The Balaban J connectivity index is 1.68. The fourth-order valence-corrected chi connectivity index (χ4v) is 3.44. The maximum atomic E-state index is 12.7. The second kappa shape index (κ2) is 6.99. The van der Waals surface area contributed by atoms with Crippen molar-refractivity contribution >= 4 is 6.03 Å². The van der Waals surface area contributed by atoms with Crippen LogP contribution in [0.3, 0.4) is 0 Å². The Kier molecular flexibility index (Phi) is 4.79. The van der Waals surface area contributed by atoms with Gasteiger partial charge < -0.3 is 19.5 Å². The van der Waals surface area contributed by atoms with Crippen LogP contribution in [-0.2, 0) is 13.1 Å². The number of nitrogens with zero attached hydrogens (tertiary/aromatic N) is 2. The molecule has 1 aliphatic heterocycles. The number of ether oxygens (including phenoxy) is 1. The molecule has 2 heterocycles. The van der Waals surface area contributed by atoms with Crippen LogP contribution in [0.1, 0.15) is 36.3 Å². The van der Waals surface area contributed by atoms with Crippen LogP contribution < -0.4 is 10.1 Å². The van der Waals surface area contributed by atoms with Gasteiger partial charge in [0.25, 0.3) is 0 Å². The Morgan fingerprint density at radius 2 is 2.12 bits per heavy atom. The highest BCUT2D eigenvalue weighted by Gasteiger charge is 2.30. The number of amides is 2. The van der Waals surface area contributed by atoms with Crippen LogP contribution in [0.5, 0.6) is 5.75 Å². The number of hydrogen-bond acceptors (Lipinski definition) is 2. The van der Waals surface area contributed by atoms with Gasteiger partial charge in [0.2, 0.25) is 0 Å². The Bertz CT molecular complexity index is 723. The zero-order valence-electron chi connectivity index (χ0n) is 14.6. The minimum atomic E-state index is -0.00484. The highest BCUT2D eigenvalue weighted by molar-refractivity contribution is 5.75. The summed E-state index contributed by atoms with van der Waals surface area (Å²) in [5.41, 5.74) is 3.53. The molecule has 2 aromatic rings. The van der Waals surface area contributed by atoms with Crippen molar-refractivity contribution in [1.29, 1.82) is 0 Å². The third-order valence-electron chi connectivity index (χ3n) is 4.74. The van der Waals surface area contributed by atoms with E-state index in [2.05, 4.69) is 35.9 Å². The molecule has 3 rings (SSSR count). The number of aryl methyl sites for hydroxylation is 1. The van der Waals surface area contributed by atoms with E-state index in [1.807, 2.05) is 29.2 Å². The van der Waals surface area contributed by atoms with Crippen molar-refractivity contribution in [3.63, 3.8) is 0 Å². The van der Waals surface area contributed by atoms with Crippen LogP contribution in [-0.4, -0.2) is 29.2 Å². The average Bonchev–Trinajstić information content (AvgIpc) is 3.00. The third-order valence-corrected chi connectivity index (χ3v) is 4.74. The topological polar surface area (TPSA) is 46.5 Å². The van der Waals surface area contributed by atoms with E-state index in [1.165, 1.54) is 11.4 Å². The molecular formula is C19H25N3O2. The number of fused-ring (bicyclic) bond motifs is 1. The number of aromatic nitrogens is 1. The van der Waals surface area contributed by atoms with Gasteiger partial charge in [-0.25, -0.2) is 4.79 Å². The summed E-state index contributed by atoms with van der Waals surface area (Å²) in [6.07, 6.45) is 0.913. The summed E-state index contributed by atoms with van der Waals surface area (Å²) in [5, 5.41) is 3.04. The molecule has 128 valence electrons. The molecule has 0 fully saturated rings. The van der Waals surface area contributed by atoms with Gasteiger partial charge in [0.1, 0.15) is 5.75 Å². The van der Waals surface area contributed by atoms with Gasteiger partial charge in [-0.05, 0) is 43.2 Å². The van der Waals surface area contributed by atoms with Crippen molar-refractivity contribution in [2.75, 3.05) is 13.7 Å². The highest BCUT2D eigenvalue weighted by Crippen LogP contribution is 2.30. The van der Waals surface area contributed by atoms with Gasteiger partial charge in [-0.1, -0.05) is 19.1 Å². The maximum absolute atomic E-state index is 12.7. The summed E-state index contributed by atoms with van der Waals surface area (Å²) in [7, 11) is 1.65. The first-order valence-electron chi connectivity index (χ1n) is 8.47. The lowest BCUT2D eigenvalue weighted by molar-refractivity contribution is 0.152. The van der Waals surface area contributed by atoms with Crippen molar-refractivity contribution in [3.05, 3.63) is 53.3 Å². The third kappa shape index (κ3) is 3.11. The van der Waals surface area contributed by atoms with Gasteiger partial charge in [0.15, 0.2) is 0 Å². The predicted molar refractivity (Wildman–Crippen MR) is 94.1 cm³/mol. The fraction of sp³-hybridized carbons (Fsp3) is 0.421. The zero-order chi connectivity index (χ0) is 17.1. The van der Waals surface area contributed by atoms with E-state index in [0.29, 0.717) is 6.54 Å². The molecule has 1 aromatic heterocycles. The Morgan fingerprint density at radius 3 is 2.88 bits per heavy atom. The lowest BCUT2D eigenvalue weighted by atomic mass is 10.1. The summed E-state index contributed by atoms with van der Waals surface area (Å²) in [6.45, 7) is 6.35. The number of urea groups is 1. The lowest BCUT2D eigenvalue weighted by Gasteiger charge is -2.37. The van der Waals surface area contributed by atoms with Crippen molar-refractivity contribution in [1.82, 2.24) is 14.8 Å². The molecule has 1 N–H and O–H groups in total. The average molecular weight is 327 g/mol. The van der Waals surface area contributed by atoms with Gasteiger partial charge in [-0.3, -0.25) is 0 Å². The molecular weight excluding hydrogens is 302 g/mol. The largest absolute Gasteiger partial charge is 0.497 e. The van der Waals surface area contributed by atoms with Crippen LogP contribution in [0.15, 0.2) is 36.4 Å². The molecule has 0 spiro atoms. The predicted octanol–water partition coefficient (Wildman–Crippen LogP) is 3.48. The lowest BCUT2D eigenvalue weighted by Crippen LogP contribution is -2.46. The maximum Gasteiger partial charge on any atom is 0.318 e. The summed E-state index contributed by atoms with van der Waals surface area (Å²) in [4.78, 5) is 14.6. The molecule has 0 saturated heterocycles. The van der Waals surface area contributed by atoms with Crippen LogP contribution >= 0.6 is 0 Å². The van der Waals surface area contributed by atoms with Crippen molar-refractivity contribution in [2.24, 2.45) is 0 Å². The summed E-state index contributed by atoms with van der Waals surface area (Å²) in [6, 6.07) is 12.2. The molecule has 5 heteroatoms.